The predicted octanol–water partition coefficient (Wildman–Crippen LogP) is -1.35. The number of hydrogen-bond acceptors (Lipinski definition) is 5. The smallest absolute Gasteiger partial charge is 0.326 e. The number of carbonyl (C=O) groups is 3. The second-order valence-electron chi connectivity index (χ2n) is 3.87. The molecule has 0 aliphatic heterocycles. The molecule has 0 rings (SSSR count). The minimum absolute atomic E-state index is 0.0400. The molecule has 9 nitrogen and oxygen atoms in total. The predicted molar refractivity (Wildman–Crippen MR) is 64.5 cm³/mol. The van der Waals surface area contributed by atoms with Crippen LogP contribution in [-0.4, -0.2) is 61.2 Å². The normalized spacial score (nSPS) is 12.5. The van der Waals surface area contributed by atoms with Crippen LogP contribution in [0.2, 0.25) is 0 Å². The Balaban J connectivity index is 4.07. The summed E-state index contributed by atoms with van der Waals surface area (Å²) in [7, 11) is -3.12. The van der Waals surface area contributed by atoms with Gasteiger partial charge in [-0.25, -0.2) is 18.0 Å². The minimum atomic E-state index is -3.12. The van der Waals surface area contributed by atoms with Gasteiger partial charge in [-0.2, -0.15) is 0 Å². The fourth-order valence-corrected chi connectivity index (χ4v) is 1.79. The van der Waals surface area contributed by atoms with Gasteiger partial charge in [-0.15, -0.1) is 0 Å². The van der Waals surface area contributed by atoms with E-state index in [9.17, 15) is 22.8 Å². The van der Waals surface area contributed by atoms with Crippen LogP contribution in [0.1, 0.15) is 12.8 Å². The van der Waals surface area contributed by atoms with Crippen molar-refractivity contribution < 1.29 is 33.0 Å². The number of urea groups is 1. The molecule has 0 spiro atoms. The SMILES string of the molecule is CS(=O)(=O)CCCNC(=O)N[C@H](CC(=O)O)C(=O)O. The van der Waals surface area contributed by atoms with E-state index in [1.165, 1.54) is 0 Å². The molecule has 0 aromatic rings. The molecule has 0 aromatic heterocycles. The number of carboxylic acid groups (broad SMARTS) is 2. The van der Waals surface area contributed by atoms with Gasteiger partial charge in [0.25, 0.3) is 0 Å². The van der Waals surface area contributed by atoms with Crippen molar-refractivity contribution in [2.75, 3.05) is 18.6 Å². The van der Waals surface area contributed by atoms with Crippen LogP contribution < -0.4 is 10.6 Å². The summed E-state index contributed by atoms with van der Waals surface area (Å²) < 4.78 is 21.6. The number of hydrogen-bond donors (Lipinski definition) is 4. The Hall–Kier alpha value is -1.84. The highest BCUT2D eigenvalue weighted by atomic mass is 32.2. The highest BCUT2D eigenvalue weighted by Crippen LogP contribution is 1.93. The molecule has 19 heavy (non-hydrogen) atoms. The van der Waals surface area contributed by atoms with Gasteiger partial charge in [-0.3, -0.25) is 4.79 Å². The quantitative estimate of drug-likeness (QED) is 0.404. The average Bonchev–Trinajstić information content (AvgIpc) is 2.21. The van der Waals surface area contributed by atoms with Crippen LogP contribution in [0.3, 0.4) is 0 Å². The van der Waals surface area contributed by atoms with E-state index in [1.54, 1.807) is 0 Å². The summed E-state index contributed by atoms with van der Waals surface area (Å²) in [4.78, 5) is 32.2. The van der Waals surface area contributed by atoms with E-state index in [-0.39, 0.29) is 18.7 Å². The van der Waals surface area contributed by atoms with Crippen LogP contribution in [0.15, 0.2) is 0 Å². The van der Waals surface area contributed by atoms with Gasteiger partial charge in [-0.1, -0.05) is 0 Å². The summed E-state index contributed by atoms with van der Waals surface area (Å²) >= 11 is 0. The Bertz CT molecular complexity index is 445. The number of nitrogens with one attached hydrogen (secondary N) is 2. The zero-order valence-corrected chi connectivity index (χ0v) is 11.1. The largest absolute Gasteiger partial charge is 0.481 e. The van der Waals surface area contributed by atoms with Gasteiger partial charge in [0, 0.05) is 12.8 Å². The Kier molecular flexibility index (Phi) is 6.83. The highest BCUT2D eigenvalue weighted by Gasteiger charge is 2.22. The molecular formula is C9H16N2O7S. The van der Waals surface area contributed by atoms with Crippen molar-refractivity contribution in [1.29, 1.82) is 0 Å². The third-order valence-electron chi connectivity index (χ3n) is 1.96. The molecule has 0 fully saturated rings. The van der Waals surface area contributed by atoms with Crippen molar-refractivity contribution in [3.8, 4) is 0 Å². The number of amides is 2. The van der Waals surface area contributed by atoms with Crippen molar-refractivity contribution >= 4 is 27.8 Å². The molecule has 1 atom stereocenters. The number of carbonyl (C=O) groups excluding carboxylic acids is 1. The third-order valence-corrected chi connectivity index (χ3v) is 2.99. The number of rotatable bonds is 8. The Labute approximate surface area is 109 Å². The van der Waals surface area contributed by atoms with E-state index in [0.29, 0.717) is 0 Å². The Morgan fingerprint density at radius 3 is 2.21 bits per heavy atom. The first kappa shape index (κ1) is 17.2. The zero-order valence-electron chi connectivity index (χ0n) is 10.2. The van der Waals surface area contributed by atoms with Crippen molar-refractivity contribution in [2.24, 2.45) is 0 Å². The van der Waals surface area contributed by atoms with E-state index in [0.717, 1.165) is 6.26 Å². The van der Waals surface area contributed by atoms with Crippen LogP contribution >= 0.6 is 0 Å². The molecule has 0 saturated heterocycles. The van der Waals surface area contributed by atoms with Gasteiger partial charge < -0.3 is 20.8 Å². The van der Waals surface area contributed by atoms with Gasteiger partial charge in [0.1, 0.15) is 15.9 Å². The van der Waals surface area contributed by atoms with E-state index in [1.807, 2.05) is 5.32 Å². The maximum Gasteiger partial charge on any atom is 0.326 e. The molecule has 0 saturated carbocycles. The number of carboxylic acids is 2. The maximum absolute atomic E-state index is 11.2. The van der Waals surface area contributed by atoms with E-state index < -0.39 is 40.3 Å². The first-order valence-electron chi connectivity index (χ1n) is 5.28. The fourth-order valence-electron chi connectivity index (χ4n) is 1.12. The van der Waals surface area contributed by atoms with E-state index >= 15 is 0 Å². The molecule has 0 aliphatic rings. The maximum atomic E-state index is 11.2. The van der Waals surface area contributed by atoms with Gasteiger partial charge in [0.15, 0.2) is 0 Å². The van der Waals surface area contributed by atoms with Crippen molar-refractivity contribution in [3.63, 3.8) is 0 Å². The Morgan fingerprint density at radius 2 is 1.79 bits per heavy atom. The van der Waals surface area contributed by atoms with Gasteiger partial charge in [0.2, 0.25) is 0 Å². The first-order valence-corrected chi connectivity index (χ1v) is 7.34. The molecular weight excluding hydrogens is 280 g/mol. The molecule has 0 bridgehead atoms. The van der Waals surface area contributed by atoms with Crippen LogP contribution in [-0.2, 0) is 19.4 Å². The molecule has 0 aromatic carbocycles. The highest BCUT2D eigenvalue weighted by molar-refractivity contribution is 7.90. The summed E-state index contributed by atoms with van der Waals surface area (Å²) in [5.41, 5.74) is 0. The molecule has 4 N–H and O–H groups in total. The molecule has 2 amide bonds. The van der Waals surface area contributed by atoms with Gasteiger partial charge in [0.05, 0.1) is 12.2 Å². The van der Waals surface area contributed by atoms with Crippen molar-refractivity contribution in [2.45, 2.75) is 18.9 Å². The summed E-state index contributed by atoms with van der Waals surface area (Å²) in [6.45, 7) is 0.0400. The lowest BCUT2D eigenvalue weighted by Gasteiger charge is -2.13. The molecule has 0 aliphatic carbocycles. The number of aliphatic carboxylic acids is 2. The molecule has 0 heterocycles. The van der Waals surface area contributed by atoms with Crippen LogP contribution in [0.4, 0.5) is 4.79 Å². The molecule has 10 heteroatoms. The monoisotopic (exact) mass is 296 g/mol. The lowest BCUT2D eigenvalue weighted by molar-refractivity contribution is -0.145. The standard InChI is InChI=1S/C9H16N2O7S/c1-19(17,18)4-2-3-10-9(16)11-6(8(14)15)5-7(12)13/h6H,2-5H2,1H3,(H,12,13)(H,14,15)(H2,10,11,16)/t6-/m1/s1. The molecule has 0 radical (unpaired) electrons. The van der Waals surface area contributed by atoms with Crippen LogP contribution in [0.25, 0.3) is 0 Å². The van der Waals surface area contributed by atoms with Gasteiger partial charge in [-0.05, 0) is 6.42 Å². The second-order valence-corrected chi connectivity index (χ2v) is 6.13. The summed E-state index contributed by atoms with van der Waals surface area (Å²) in [5, 5.41) is 21.3. The average molecular weight is 296 g/mol. The van der Waals surface area contributed by atoms with E-state index in [4.69, 9.17) is 10.2 Å². The first-order chi connectivity index (χ1) is 8.61. The fraction of sp³-hybridized carbons (Fsp3) is 0.667. The number of sulfone groups is 1. The topological polar surface area (TPSA) is 150 Å². The summed E-state index contributed by atoms with van der Waals surface area (Å²) in [6.07, 6.45) is 0.495. The Morgan fingerprint density at radius 1 is 1.21 bits per heavy atom. The summed E-state index contributed by atoms with van der Waals surface area (Å²) in [5.74, 6) is -2.93. The van der Waals surface area contributed by atoms with Crippen molar-refractivity contribution in [1.82, 2.24) is 10.6 Å². The summed E-state index contributed by atoms with van der Waals surface area (Å²) in [6, 6.07) is -2.39. The van der Waals surface area contributed by atoms with E-state index in [2.05, 4.69) is 5.32 Å². The van der Waals surface area contributed by atoms with Gasteiger partial charge >= 0.3 is 18.0 Å². The lowest BCUT2D eigenvalue weighted by Crippen LogP contribution is -2.47. The van der Waals surface area contributed by atoms with Crippen LogP contribution in [0.5, 0.6) is 0 Å². The lowest BCUT2D eigenvalue weighted by atomic mass is 10.2. The second kappa shape index (κ2) is 7.56. The molecule has 0 unspecified atom stereocenters. The zero-order chi connectivity index (χ0) is 15.1. The van der Waals surface area contributed by atoms with Crippen LogP contribution in [0, 0.1) is 0 Å². The van der Waals surface area contributed by atoms with Crippen molar-refractivity contribution in [3.05, 3.63) is 0 Å². The third kappa shape index (κ3) is 9.83. The molecule has 110 valence electrons. The minimum Gasteiger partial charge on any atom is -0.481 e.